The topological polar surface area (TPSA) is 24.5 Å². The van der Waals surface area contributed by atoms with Gasteiger partial charge in [-0.05, 0) is 51.3 Å². The SMILES string of the molecule is CN(C)CCCNCCOCc1ccc(Br)cc1. The summed E-state index contributed by atoms with van der Waals surface area (Å²) in [5.41, 5.74) is 1.21. The summed E-state index contributed by atoms with van der Waals surface area (Å²) in [6.07, 6.45) is 1.18. The van der Waals surface area contributed by atoms with Gasteiger partial charge in [0.05, 0.1) is 13.2 Å². The highest BCUT2D eigenvalue weighted by atomic mass is 79.9. The van der Waals surface area contributed by atoms with E-state index in [9.17, 15) is 0 Å². The number of nitrogens with zero attached hydrogens (tertiary/aromatic N) is 1. The van der Waals surface area contributed by atoms with Crippen molar-refractivity contribution in [3.8, 4) is 0 Å². The van der Waals surface area contributed by atoms with Crippen molar-refractivity contribution < 1.29 is 4.74 Å². The van der Waals surface area contributed by atoms with Crippen LogP contribution in [0.5, 0.6) is 0 Å². The van der Waals surface area contributed by atoms with E-state index in [-0.39, 0.29) is 0 Å². The minimum Gasteiger partial charge on any atom is -0.375 e. The fourth-order valence-corrected chi connectivity index (χ4v) is 1.82. The molecule has 102 valence electrons. The van der Waals surface area contributed by atoms with E-state index in [2.05, 4.69) is 52.4 Å². The summed E-state index contributed by atoms with van der Waals surface area (Å²) in [6.45, 7) is 4.56. The van der Waals surface area contributed by atoms with Gasteiger partial charge in [-0.1, -0.05) is 28.1 Å². The molecule has 0 aliphatic carbocycles. The summed E-state index contributed by atoms with van der Waals surface area (Å²) in [4.78, 5) is 2.20. The summed E-state index contributed by atoms with van der Waals surface area (Å²) in [5, 5.41) is 3.38. The quantitative estimate of drug-likeness (QED) is 0.709. The predicted molar refractivity (Wildman–Crippen MR) is 79.8 cm³/mol. The third-order valence-electron chi connectivity index (χ3n) is 2.56. The van der Waals surface area contributed by atoms with Crippen LogP contribution in [0.1, 0.15) is 12.0 Å². The molecular weight excluding hydrogens is 292 g/mol. The number of nitrogens with one attached hydrogen (secondary N) is 1. The molecule has 0 unspecified atom stereocenters. The molecule has 0 radical (unpaired) electrons. The van der Waals surface area contributed by atoms with Gasteiger partial charge in [-0.15, -0.1) is 0 Å². The monoisotopic (exact) mass is 314 g/mol. The van der Waals surface area contributed by atoms with E-state index in [0.29, 0.717) is 6.61 Å². The Hall–Kier alpha value is -0.420. The van der Waals surface area contributed by atoms with Gasteiger partial charge < -0.3 is 15.0 Å². The number of hydrogen-bond acceptors (Lipinski definition) is 3. The van der Waals surface area contributed by atoms with Crippen LogP contribution in [0.3, 0.4) is 0 Å². The Kier molecular flexibility index (Phi) is 8.25. The lowest BCUT2D eigenvalue weighted by Gasteiger charge is -2.10. The average molecular weight is 315 g/mol. The first-order valence-corrected chi connectivity index (χ1v) is 7.15. The molecule has 18 heavy (non-hydrogen) atoms. The van der Waals surface area contributed by atoms with E-state index in [1.54, 1.807) is 0 Å². The van der Waals surface area contributed by atoms with Gasteiger partial charge in [-0.2, -0.15) is 0 Å². The van der Waals surface area contributed by atoms with E-state index in [4.69, 9.17) is 4.74 Å². The zero-order valence-electron chi connectivity index (χ0n) is 11.3. The van der Waals surface area contributed by atoms with E-state index >= 15 is 0 Å². The van der Waals surface area contributed by atoms with E-state index < -0.39 is 0 Å². The first kappa shape index (κ1) is 15.6. The molecule has 0 spiro atoms. The van der Waals surface area contributed by atoms with Crippen molar-refractivity contribution in [1.29, 1.82) is 0 Å². The molecule has 0 atom stereocenters. The summed E-state index contributed by atoms with van der Waals surface area (Å²) in [5.74, 6) is 0. The molecule has 0 aliphatic rings. The molecule has 3 nitrogen and oxygen atoms in total. The van der Waals surface area contributed by atoms with Crippen LogP contribution in [0.15, 0.2) is 28.7 Å². The second kappa shape index (κ2) is 9.50. The van der Waals surface area contributed by atoms with Gasteiger partial charge in [0.2, 0.25) is 0 Å². The summed E-state index contributed by atoms with van der Waals surface area (Å²) < 4.78 is 6.70. The molecule has 1 aromatic carbocycles. The van der Waals surface area contributed by atoms with Crippen LogP contribution in [-0.4, -0.2) is 45.2 Å². The second-order valence-corrected chi connectivity index (χ2v) is 5.50. The second-order valence-electron chi connectivity index (χ2n) is 4.59. The summed E-state index contributed by atoms with van der Waals surface area (Å²) in [6, 6.07) is 8.24. The van der Waals surface area contributed by atoms with Crippen LogP contribution in [-0.2, 0) is 11.3 Å². The van der Waals surface area contributed by atoms with Gasteiger partial charge >= 0.3 is 0 Å². The average Bonchev–Trinajstić information content (AvgIpc) is 2.34. The van der Waals surface area contributed by atoms with Crippen LogP contribution in [0, 0.1) is 0 Å². The van der Waals surface area contributed by atoms with Crippen molar-refractivity contribution in [2.45, 2.75) is 13.0 Å². The largest absolute Gasteiger partial charge is 0.375 e. The van der Waals surface area contributed by atoms with Crippen molar-refractivity contribution in [2.75, 3.05) is 40.3 Å². The maximum absolute atomic E-state index is 5.60. The molecule has 1 rings (SSSR count). The molecule has 0 heterocycles. The Morgan fingerprint density at radius 3 is 2.56 bits per heavy atom. The summed E-state index contributed by atoms with van der Waals surface area (Å²) in [7, 11) is 4.20. The van der Waals surface area contributed by atoms with Crippen LogP contribution in [0.2, 0.25) is 0 Å². The van der Waals surface area contributed by atoms with Crippen molar-refractivity contribution in [3.63, 3.8) is 0 Å². The van der Waals surface area contributed by atoms with Gasteiger partial charge in [0, 0.05) is 11.0 Å². The number of benzene rings is 1. The van der Waals surface area contributed by atoms with Gasteiger partial charge in [-0.3, -0.25) is 0 Å². The first-order valence-electron chi connectivity index (χ1n) is 6.36. The zero-order valence-corrected chi connectivity index (χ0v) is 12.9. The predicted octanol–water partition coefficient (Wildman–Crippen LogP) is 2.51. The van der Waals surface area contributed by atoms with Crippen LogP contribution < -0.4 is 5.32 Å². The molecule has 0 bridgehead atoms. The zero-order chi connectivity index (χ0) is 13.2. The standard InChI is InChI=1S/C14H23BrN2O/c1-17(2)10-3-8-16-9-11-18-12-13-4-6-14(15)7-5-13/h4-7,16H,3,8-12H2,1-2H3. The molecule has 1 N–H and O–H groups in total. The molecule has 0 aromatic heterocycles. The van der Waals surface area contributed by atoms with E-state index in [1.165, 1.54) is 12.0 Å². The third kappa shape index (κ3) is 7.82. The van der Waals surface area contributed by atoms with Crippen LogP contribution in [0.25, 0.3) is 0 Å². The van der Waals surface area contributed by atoms with Crippen molar-refractivity contribution in [2.24, 2.45) is 0 Å². The van der Waals surface area contributed by atoms with E-state index in [1.807, 2.05) is 12.1 Å². The molecule has 0 aliphatic heterocycles. The molecule has 0 fully saturated rings. The number of rotatable bonds is 9. The van der Waals surface area contributed by atoms with Crippen molar-refractivity contribution in [3.05, 3.63) is 34.3 Å². The Morgan fingerprint density at radius 2 is 1.89 bits per heavy atom. The van der Waals surface area contributed by atoms with Gasteiger partial charge in [0.1, 0.15) is 0 Å². The fraction of sp³-hybridized carbons (Fsp3) is 0.571. The van der Waals surface area contributed by atoms with E-state index in [0.717, 1.165) is 30.7 Å². The number of hydrogen-bond donors (Lipinski definition) is 1. The highest BCUT2D eigenvalue weighted by Crippen LogP contribution is 2.10. The molecule has 1 aromatic rings. The first-order chi connectivity index (χ1) is 8.68. The minimum absolute atomic E-state index is 0.687. The highest BCUT2D eigenvalue weighted by molar-refractivity contribution is 9.10. The lowest BCUT2D eigenvalue weighted by Crippen LogP contribution is -2.24. The lowest BCUT2D eigenvalue weighted by atomic mass is 10.2. The molecule has 0 saturated heterocycles. The van der Waals surface area contributed by atoms with Crippen LogP contribution in [0.4, 0.5) is 0 Å². The molecule has 0 amide bonds. The fourth-order valence-electron chi connectivity index (χ4n) is 1.56. The Bertz CT molecular complexity index is 314. The Morgan fingerprint density at radius 1 is 1.17 bits per heavy atom. The smallest absolute Gasteiger partial charge is 0.0717 e. The van der Waals surface area contributed by atoms with Gasteiger partial charge in [0.25, 0.3) is 0 Å². The minimum atomic E-state index is 0.687. The van der Waals surface area contributed by atoms with Crippen molar-refractivity contribution >= 4 is 15.9 Å². The van der Waals surface area contributed by atoms with Gasteiger partial charge in [-0.25, -0.2) is 0 Å². The third-order valence-corrected chi connectivity index (χ3v) is 3.09. The maximum atomic E-state index is 5.60. The molecule has 4 heteroatoms. The number of halogens is 1. The molecule has 0 saturated carbocycles. The van der Waals surface area contributed by atoms with Crippen LogP contribution >= 0.6 is 15.9 Å². The number of ether oxygens (including phenoxy) is 1. The highest BCUT2D eigenvalue weighted by Gasteiger charge is 1.94. The Labute approximate surface area is 119 Å². The van der Waals surface area contributed by atoms with Crippen molar-refractivity contribution in [1.82, 2.24) is 10.2 Å². The lowest BCUT2D eigenvalue weighted by molar-refractivity contribution is 0.122. The summed E-state index contributed by atoms with van der Waals surface area (Å²) >= 11 is 3.42. The van der Waals surface area contributed by atoms with Gasteiger partial charge in [0.15, 0.2) is 0 Å². The Balaban J connectivity index is 1.94. The maximum Gasteiger partial charge on any atom is 0.0717 e. The molecular formula is C14H23BrN2O. The normalized spacial score (nSPS) is 11.1.